The van der Waals surface area contributed by atoms with Gasteiger partial charge in [-0.1, -0.05) is 12.1 Å². The van der Waals surface area contributed by atoms with E-state index in [0.29, 0.717) is 29.2 Å². The molecule has 0 aliphatic rings. The topological polar surface area (TPSA) is 65.6 Å². The van der Waals surface area contributed by atoms with Crippen LogP contribution in [-0.4, -0.2) is 24.3 Å². The quantitative estimate of drug-likeness (QED) is 0.686. The molecule has 0 aliphatic heterocycles. The molecule has 0 spiro atoms. The zero-order valence-electron chi connectivity index (χ0n) is 11.9. The van der Waals surface area contributed by atoms with Crippen molar-refractivity contribution < 1.29 is 0 Å². The summed E-state index contributed by atoms with van der Waals surface area (Å²) in [5.41, 5.74) is 1.29. The summed E-state index contributed by atoms with van der Waals surface area (Å²) in [6.45, 7) is 7.79. The van der Waals surface area contributed by atoms with Crippen molar-refractivity contribution in [3.05, 3.63) is 58.9 Å². The molecule has 0 N–H and O–H groups in total. The van der Waals surface area contributed by atoms with Crippen LogP contribution in [0, 0.1) is 13.8 Å². The summed E-state index contributed by atoms with van der Waals surface area (Å²) in [6.07, 6.45) is 3.23. The Balaban J connectivity index is 2.43. The summed E-state index contributed by atoms with van der Waals surface area (Å²) >= 11 is 0. The first-order valence-electron chi connectivity index (χ1n) is 6.62. The molecule has 0 saturated carbocycles. The minimum absolute atomic E-state index is 0.145. The van der Waals surface area contributed by atoms with E-state index in [4.69, 9.17) is 0 Å². The number of hydrogen-bond acceptors (Lipinski definition) is 4. The molecule has 3 aromatic heterocycles. The predicted octanol–water partition coefficient (Wildman–Crippen LogP) is 1.78. The van der Waals surface area contributed by atoms with Gasteiger partial charge in [-0.25, -0.2) is 24.3 Å². The Morgan fingerprint density at radius 3 is 2.81 bits per heavy atom. The highest BCUT2D eigenvalue weighted by Gasteiger charge is 2.16. The normalized spacial score (nSPS) is 11.0. The van der Waals surface area contributed by atoms with Crippen LogP contribution in [0.3, 0.4) is 0 Å². The Morgan fingerprint density at radius 2 is 2.10 bits per heavy atom. The first-order valence-corrected chi connectivity index (χ1v) is 6.62. The molecule has 0 bridgehead atoms. The van der Waals surface area contributed by atoms with Gasteiger partial charge in [-0.3, -0.25) is 4.79 Å². The smallest absolute Gasteiger partial charge is 0.267 e. The van der Waals surface area contributed by atoms with Gasteiger partial charge in [0.2, 0.25) is 0 Å². The number of fused-ring (bicyclic) bond motifs is 1. The van der Waals surface area contributed by atoms with Crippen LogP contribution in [0.4, 0.5) is 0 Å². The highest BCUT2D eigenvalue weighted by molar-refractivity contribution is 5.75. The Labute approximate surface area is 121 Å². The molecule has 3 rings (SSSR count). The van der Waals surface area contributed by atoms with Crippen molar-refractivity contribution in [3.63, 3.8) is 0 Å². The molecule has 3 heterocycles. The van der Waals surface area contributed by atoms with Gasteiger partial charge in [-0.2, -0.15) is 0 Å². The SMILES string of the molecule is C=CCn1c(=O)c2cnc(C)nc2n1-c1cccc(C)n1. The fourth-order valence-electron chi connectivity index (χ4n) is 2.28. The summed E-state index contributed by atoms with van der Waals surface area (Å²) in [5.74, 6) is 1.27. The molecule has 6 nitrogen and oxygen atoms in total. The molecule has 0 saturated heterocycles. The van der Waals surface area contributed by atoms with E-state index >= 15 is 0 Å². The summed E-state index contributed by atoms with van der Waals surface area (Å²) in [4.78, 5) is 25.5. The second-order valence-corrected chi connectivity index (χ2v) is 4.78. The molecule has 0 amide bonds. The van der Waals surface area contributed by atoms with E-state index in [9.17, 15) is 4.79 Å². The summed E-state index contributed by atoms with van der Waals surface area (Å²) in [6, 6.07) is 5.66. The van der Waals surface area contributed by atoms with Gasteiger partial charge in [-0.15, -0.1) is 6.58 Å². The van der Waals surface area contributed by atoms with Crippen molar-refractivity contribution in [1.82, 2.24) is 24.3 Å². The lowest BCUT2D eigenvalue weighted by molar-refractivity contribution is 0.596. The zero-order chi connectivity index (χ0) is 15.0. The molecule has 0 aliphatic carbocycles. The summed E-state index contributed by atoms with van der Waals surface area (Å²) < 4.78 is 3.29. The highest BCUT2D eigenvalue weighted by Crippen LogP contribution is 2.14. The third-order valence-corrected chi connectivity index (χ3v) is 3.19. The lowest BCUT2D eigenvalue weighted by Gasteiger charge is -2.10. The van der Waals surface area contributed by atoms with E-state index in [1.54, 1.807) is 28.6 Å². The van der Waals surface area contributed by atoms with E-state index in [-0.39, 0.29) is 5.56 Å². The largest absolute Gasteiger partial charge is 0.278 e. The predicted molar refractivity (Wildman–Crippen MR) is 80.6 cm³/mol. The monoisotopic (exact) mass is 281 g/mol. The van der Waals surface area contributed by atoms with E-state index in [1.165, 1.54) is 0 Å². The third kappa shape index (κ3) is 2.14. The van der Waals surface area contributed by atoms with Crippen LogP contribution in [-0.2, 0) is 6.54 Å². The van der Waals surface area contributed by atoms with Crippen molar-refractivity contribution in [3.8, 4) is 5.82 Å². The third-order valence-electron chi connectivity index (χ3n) is 3.19. The number of aromatic nitrogens is 5. The maximum Gasteiger partial charge on any atom is 0.278 e. The fraction of sp³-hybridized carbons (Fsp3) is 0.200. The number of aryl methyl sites for hydroxylation is 2. The van der Waals surface area contributed by atoms with E-state index in [1.807, 2.05) is 25.1 Å². The molecular weight excluding hydrogens is 266 g/mol. The Hall–Kier alpha value is -2.76. The average Bonchev–Trinajstić information content (AvgIpc) is 2.72. The summed E-state index contributed by atoms with van der Waals surface area (Å²) in [7, 11) is 0. The number of hydrogen-bond donors (Lipinski definition) is 0. The standard InChI is InChI=1S/C15H15N5O/c1-4-8-19-15(21)12-9-16-11(3)18-14(12)20(19)13-7-5-6-10(2)17-13/h4-7,9H,1,8H2,2-3H3. The molecule has 3 aromatic rings. The minimum atomic E-state index is -0.145. The van der Waals surface area contributed by atoms with E-state index < -0.39 is 0 Å². The van der Waals surface area contributed by atoms with Gasteiger partial charge in [-0.05, 0) is 26.0 Å². The van der Waals surface area contributed by atoms with Crippen LogP contribution >= 0.6 is 0 Å². The van der Waals surface area contributed by atoms with Gasteiger partial charge < -0.3 is 0 Å². The average molecular weight is 281 g/mol. The first kappa shape index (κ1) is 13.2. The molecule has 21 heavy (non-hydrogen) atoms. The Kier molecular flexibility index (Phi) is 3.13. The first-order chi connectivity index (χ1) is 10.1. The van der Waals surface area contributed by atoms with Crippen LogP contribution in [0.5, 0.6) is 0 Å². The maximum absolute atomic E-state index is 12.5. The lowest BCUT2D eigenvalue weighted by atomic mass is 10.3. The Bertz CT molecular complexity index is 891. The molecule has 0 radical (unpaired) electrons. The molecule has 6 heteroatoms. The maximum atomic E-state index is 12.5. The van der Waals surface area contributed by atoms with Crippen molar-refractivity contribution >= 4 is 11.0 Å². The minimum Gasteiger partial charge on any atom is -0.267 e. The summed E-state index contributed by atoms with van der Waals surface area (Å²) in [5, 5.41) is 0.478. The van der Waals surface area contributed by atoms with Gasteiger partial charge in [0.1, 0.15) is 11.2 Å². The van der Waals surface area contributed by atoms with Crippen LogP contribution < -0.4 is 5.56 Å². The number of rotatable bonds is 3. The van der Waals surface area contributed by atoms with Crippen molar-refractivity contribution in [2.24, 2.45) is 0 Å². The van der Waals surface area contributed by atoms with Gasteiger partial charge in [0.25, 0.3) is 5.56 Å². The number of nitrogens with zero attached hydrogens (tertiary/aromatic N) is 5. The number of pyridine rings is 1. The van der Waals surface area contributed by atoms with Crippen molar-refractivity contribution in [2.45, 2.75) is 20.4 Å². The van der Waals surface area contributed by atoms with E-state index in [2.05, 4.69) is 21.5 Å². The molecule has 106 valence electrons. The van der Waals surface area contributed by atoms with Gasteiger partial charge >= 0.3 is 0 Å². The molecule has 0 aromatic carbocycles. The fourth-order valence-corrected chi connectivity index (χ4v) is 2.28. The lowest BCUT2D eigenvalue weighted by Crippen LogP contribution is -2.22. The second-order valence-electron chi connectivity index (χ2n) is 4.78. The molecule has 0 fully saturated rings. The second kappa shape index (κ2) is 4.97. The Morgan fingerprint density at radius 1 is 1.29 bits per heavy atom. The molecule has 0 unspecified atom stereocenters. The van der Waals surface area contributed by atoms with Crippen LogP contribution in [0.15, 0.2) is 41.8 Å². The van der Waals surface area contributed by atoms with Crippen molar-refractivity contribution in [1.29, 1.82) is 0 Å². The van der Waals surface area contributed by atoms with Crippen LogP contribution in [0.1, 0.15) is 11.5 Å². The van der Waals surface area contributed by atoms with Crippen LogP contribution in [0.2, 0.25) is 0 Å². The molecule has 0 atom stereocenters. The zero-order valence-corrected chi connectivity index (χ0v) is 11.9. The van der Waals surface area contributed by atoms with Crippen molar-refractivity contribution in [2.75, 3.05) is 0 Å². The van der Waals surface area contributed by atoms with Gasteiger partial charge in [0.15, 0.2) is 11.5 Å². The number of allylic oxidation sites excluding steroid dienone is 1. The van der Waals surface area contributed by atoms with Gasteiger partial charge in [0, 0.05) is 11.9 Å². The van der Waals surface area contributed by atoms with Gasteiger partial charge in [0.05, 0.1) is 6.54 Å². The van der Waals surface area contributed by atoms with Crippen LogP contribution in [0.25, 0.3) is 16.9 Å². The highest BCUT2D eigenvalue weighted by atomic mass is 16.1. The van der Waals surface area contributed by atoms with E-state index in [0.717, 1.165) is 5.69 Å². The molecular formula is C15H15N5O.